The van der Waals surface area contributed by atoms with Gasteiger partial charge >= 0.3 is 6.18 Å². The van der Waals surface area contributed by atoms with Crippen LogP contribution in [0.2, 0.25) is 0 Å². The summed E-state index contributed by atoms with van der Waals surface area (Å²) in [5.74, 6) is 0. The number of alkyl halides is 3. The molecule has 1 unspecified atom stereocenters. The first-order chi connectivity index (χ1) is 5.91. The molecule has 1 rings (SSSR count). The van der Waals surface area contributed by atoms with E-state index in [4.69, 9.17) is 4.55 Å². The minimum absolute atomic E-state index is 0.427. The van der Waals surface area contributed by atoms with Crippen LogP contribution in [0.3, 0.4) is 0 Å². The lowest BCUT2D eigenvalue weighted by Gasteiger charge is -2.04. The van der Waals surface area contributed by atoms with E-state index >= 15 is 0 Å². The van der Waals surface area contributed by atoms with Gasteiger partial charge in [0, 0.05) is 6.07 Å². The molecule has 0 fully saturated rings. The molecule has 0 spiro atoms. The quantitative estimate of drug-likeness (QED) is 0.558. The van der Waals surface area contributed by atoms with Gasteiger partial charge in [-0.05, 0) is 0 Å². The fourth-order valence-corrected chi connectivity index (χ4v) is 0.940. The zero-order valence-electron chi connectivity index (χ0n) is 5.95. The van der Waals surface area contributed by atoms with E-state index in [2.05, 4.69) is 9.97 Å². The maximum absolute atomic E-state index is 12.0. The number of halogens is 3. The van der Waals surface area contributed by atoms with Crippen molar-refractivity contribution in [3.8, 4) is 0 Å². The fraction of sp³-hybridized carbons (Fsp3) is 0.200. The molecule has 1 aromatic heterocycles. The van der Waals surface area contributed by atoms with Crippen molar-refractivity contribution in [2.24, 2.45) is 0 Å². The monoisotopic (exact) mass is 212 g/mol. The molecular weight excluding hydrogens is 209 g/mol. The molecule has 0 aromatic carbocycles. The Kier molecular flexibility index (Phi) is 2.62. The summed E-state index contributed by atoms with van der Waals surface area (Å²) in [5.41, 5.74) is -1.24. The fourth-order valence-electron chi connectivity index (χ4n) is 0.590. The summed E-state index contributed by atoms with van der Waals surface area (Å²) in [4.78, 5) is 6.10. The molecule has 0 saturated heterocycles. The number of nitrogens with zero attached hydrogens (tertiary/aromatic N) is 2. The number of hydrogen-bond acceptors (Lipinski definition) is 3. The Balaban J connectivity index is 3.13. The molecule has 13 heavy (non-hydrogen) atoms. The normalized spacial score (nSPS) is 14.2. The Hall–Kier alpha value is -1.02. The molecule has 0 saturated carbocycles. The van der Waals surface area contributed by atoms with Crippen molar-refractivity contribution in [1.29, 1.82) is 0 Å². The van der Waals surface area contributed by atoms with Gasteiger partial charge in [0.05, 0.1) is 0 Å². The topological polar surface area (TPSA) is 63.1 Å². The molecule has 0 aliphatic carbocycles. The maximum atomic E-state index is 12.0. The Morgan fingerprint density at radius 1 is 1.38 bits per heavy atom. The van der Waals surface area contributed by atoms with Gasteiger partial charge in [0.15, 0.2) is 5.03 Å². The van der Waals surface area contributed by atoms with Gasteiger partial charge in [-0.15, -0.1) is 0 Å². The lowest BCUT2D eigenvalue weighted by Crippen LogP contribution is -2.09. The van der Waals surface area contributed by atoms with Gasteiger partial charge in [0.1, 0.15) is 12.0 Å². The molecule has 1 aromatic rings. The summed E-state index contributed by atoms with van der Waals surface area (Å²) >= 11 is -2.53. The zero-order chi connectivity index (χ0) is 10.1. The van der Waals surface area contributed by atoms with Crippen molar-refractivity contribution < 1.29 is 21.9 Å². The average Bonchev–Trinajstić information content (AvgIpc) is 2.03. The first-order valence-corrected chi connectivity index (χ1v) is 4.02. The maximum Gasteiger partial charge on any atom is 0.433 e. The van der Waals surface area contributed by atoms with E-state index in [1.165, 1.54) is 0 Å². The molecule has 0 radical (unpaired) electrons. The van der Waals surface area contributed by atoms with Gasteiger partial charge in [0.25, 0.3) is 0 Å². The molecule has 1 atom stereocenters. The third kappa shape index (κ3) is 2.46. The molecule has 4 nitrogen and oxygen atoms in total. The van der Waals surface area contributed by atoms with Crippen molar-refractivity contribution >= 4 is 11.1 Å². The Bertz CT molecular complexity index is 341. The summed E-state index contributed by atoms with van der Waals surface area (Å²) < 4.78 is 54.6. The van der Waals surface area contributed by atoms with Crippen LogP contribution in [0.5, 0.6) is 0 Å². The van der Waals surface area contributed by atoms with Crippen LogP contribution in [0.25, 0.3) is 0 Å². The summed E-state index contributed by atoms with van der Waals surface area (Å²) in [6.07, 6.45) is -4.04. The Morgan fingerprint density at radius 3 is 2.46 bits per heavy atom. The second-order valence-electron chi connectivity index (χ2n) is 1.99. The highest BCUT2D eigenvalue weighted by molar-refractivity contribution is 7.79. The molecule has 1 N–H and O–H groups in total. The molecule has 0 aliphatic heterocycles. The number of rotatable bonds is 1. The second-order valence-corrected chi connectivity index (χ2v) is 2.90. The zero-order valence-corrected chi connectivity index (χ0v) is 6.76. The first-order valence-electron chi connectivity index (χ1n) is 2.91. The van der Waals surface area contributed by atoms with Crippen LogP contribution in [0, 0.1) is 0 Å². The van der Waals surface area contributed by atoms with Crippen LogP contribution < -0.4 is 0 Å². The van der Waals surface area contributed by atoms with Gasteiger partial charge in [0.2, 0.25) is 11.1 Å². The van der Waals surface area contributed by atoms with E-state index in [1.807, 2.05) is 0 Å². The summed E-state index contributed by atoms with van der Waals surface area (Å²) in [5, 5.41) is -0.567. The smallest absolute Gasteiger partial charge is 0.301 e. The van der Waals surface area contributed by atoms with Crippen molar-refractivity contribution in [1.82, 2.24) is 9.97 Å². The van der Waals surface area contributed by atoms with Crippen LogP contribution in [-0.4, -0.2) is 18.7 Å². The third-order valence-corrected chi connectivity index (χ3v) is 1.69. The third-order valence-electron chi connectivity index (χ3n) is 1.11. The van der Waals surface area contributed by atoms with E-state index < -0.39 is 28.0 Å². The van der Waals surface area contributed by atoms with Crippen molar-refractivity contribution in [2.75, 3.05) is 0 Å². The van der Waals surface area contributed by atoms with Gasteiger partial charge in [-0.25, -0.2) is 14.2 Å². The summed E-state index contributed by atoms with van der Waals surface area (Å²) in [7, 11) is 0. The van der Waals surface area contributed by atoms with Crippen LogP contribution in [0.4, 0.5) is 13.2 Å². The van der Waals surface area contributed by atoms with Crippen LogP contribution in [0.15, 0.2) is 17.4 Å². The molecule has 0 amide bonds. The van der Waals surface area contributed by atoms with E-state index in [9.17, 15) is 17.4 Å². The lowest BCUT2D eigenvalue weighted by atomic mass is 10.4. The van der Waals surface area contributed by atoms with E-state index in [-0.39, 0.29) is 0 Å². The Labute approximate surface area is 73.1 Å². The van der Waals surface area contributed by atoms with Crippen LogP contribution >= 0.6 is 0 Å². The second kappa shape index (κ2) is 3.38. The van der Waals surface area contributed by atoms with Crippen molar-refractivity contribution in [2.45, 2.75) is 11.2 Å². The van der Waals surface area contributed by atoms with Crippen molar-refractivity contribution in [3.63, 3.8) is 0 Å². The highest BCUT2D eigenvalue weighted by Crippen LogP contribution is 2.27. The molecule has 0 bridgehead atoms. The standard InChI is InChI=1S/C5H3F3N2O2S/c6-5(7,8)3-1-4(13(11)12)10-2-9-3/h1-2H,(H,11,12). The van der Waals surface area contributed by atoms with Gasteiger partial charge in [-0.2, -0.15) is 13.2 Å². The van der Waals surface area contributed by atoms with Gasteiger partial charge < -0.3 is 4.55 Å². The van der Waals surface area contributed by atoms with Crippen LogP contribution in [-0.2, 0) is 17.3 Å². The largest absolute Gasteiger partial charge is 0.433 e. The van der Waals surface area contributed by atoms with E-state index in [0.29, 0.717) is 12.4 Å². The van der Waals surface area contributed by atoms with Crippen molar-refractivity contribution in [3.05, 3.63) is 18.1 Å². The average molecular weight is 212 g/mol. The number of aromatic nitrogens is 2. The van der Waals surface area contributed by atoms with E-state index in [1.54, 1.807) is 0 Å². The molecular formula is C5H3F3N2O2S. The summed E-state index contributed by atoms with van der Waals surface area (Å²) in [6.45, 7) is 0. The molecule has 72 valence electrons. The van der Waals surface area contributed by atoms with E-state index in [0.717, 1.165) is 0 Å². The van der Waals surface area contributed by atoms with Crippen LogP contribution in [0.1, 0.15) is 5.69 Å². The predicted molar refractivity (Wildman–Crippen MR) is 36.1 cm³/mol. The SMILES string of the molecule is O=S(O)c1cc(C(F)(F)F)ncn1. The number of hydrogen-bond donors (Lipinski definition) is 1. The Morgan fingerprint density at radius 2 is 2.00 bits per heavy atom. The van der Waals surface area contributed by atoms with Gasteiger partial charge in [-0.1, -0.05) is 0 Å². The predicted octanol–water partition coefficient (Wildman–Crippen LogP) is 1.08. The molecule has 8 heteroatoms. The summed E-state index contributed by atoms with van der Waals surface area (Å²) in [6, 6.07) is 0.427. The highest BCUT2D eigenvalue weighted by Gasteiger charge is 2.33. The molecule has 1 heterocycles. The molecule has 0 aliphatic rings. The minimum Gasteiger partial charge on any atom is -0.301 e. The lowest BCUT2D eigenvalue weighted by molar-refractivity contribution is -0.141. The minimum atomic E-state index is -4.63. The first kappa shape index (κ1) is 10.1. The highest BCUT2D eigenvalue weighted by atomic mass is 32.2. The van der Waals surface area contributed by atoms with Gasteiger partial charge in [-0.3, -0.25) is 0 Å².